The van der Waals surface area contributed by atoms with Crippen LogP contribution in [-0.2, 0) is 26.0 Å². The SMILES string of the molecule is Cn1cc(-c2cnc3ccc(Cl)nc3c2)c(CBr)n1.Cn1cc(-c2cnc3ccc(Cl)nc3c2)c(CO)n1. The number of pyridine rings is 4. The van der Waals surface area contributed by atoms with E-state index in [1.165, 1.54) is 0 Å². The summed E-state index contributed by atoms with van der Waals surface area (Å²) >= 11 is 15.2. The van der Waals surface area contributed by atoms with E-state index < -0.39 is 0 Å². The molecule has 6 rings (SSSR count). The van der Waals surface area contributed by atoms with Crippen LogP contribution >= 0.6 is 39.1 Å². The molecule has 0 unspecified atom stereocenters. The number of fused-ring (bicyclic) bond motifs is 2. The monoisotopic (exact) mass is 610 g/mol. The van der Waals surface area contributed by atoms with Gasteiger partial charge >= 0.3 is 0 Å². The average molecular weight is 612 g/mol. The number of alkyl halides is 1. The highest BCUT2D eigenvalue weighted by atomic mass is 79.9. The van der Waals surface area contributed by atoms with Crippen LogP contribution < -0.4 is 0 Å². The molecule has 0 fully saturated rings. The van der Waals surface area contributed by atoms with E-state index >= 15 is 0 Å². The molecule has 0 aromatic carbocycles. The number of nitrogens with zero attached hydrogens (tertiary/aromatic N) is 8. The van der Waals surface area contributed by atoms with Gasteiger partial charge in [-0.2, -0.15) is 10.2 Å². The van der Waals surface area contributed by atoms with E-state index in [9.17, 15) is 5.11 Å². The summed E-state index contributed by atoms with van der Waals surface area (Å²) in [4.78, 5) is 17.3. The fourth-order valence-corrected chi connectivity index (χ4v) is 4.75. The molecular weight excluding hydrogens is 591 g/mol. The second-order valence-electron chi connectivity index (χ2n) is 8.41. The van der Waals surface area contributed by atoms with Crippen LogP contribution in [-0.4, -0.2) is 44.6 Å². The molecular formula is C26H21BrCl2N8O. The molecule has 0 saturated heterocycles. The molecule has 0 amide bonds. The zero-order valence-electron chi connectivity index (χ0n) is 20.3. The van der Waals surface area contributed by atoms with Crippen LogP contribution in [0.4, 0.5) is 0 Å². The van der Waals surface area contributed by atoms with Crippen molar-refractivity contribution >= 4 is 61.2 Å². The third kappa shape index (κ3) is 5.53. The van der Waals surface area contributed by atoms with Crippen LogP contribution in [0, 0.1) is 0 Å². The van der Waals surface area contributed by atoms with Crippen LogP contribution in [0.25, 0.3) is 44.3 Å². The van der Waals surface area contributed by atoms with Crippen molar-refractivity contribution in [2.75, 3.05) is 0 Å². The molecule has 38 heavy (non-hydrogen) atoms. The summed E-state index contributed by atoms with van der Waals surface area (Å²) in [5.74, 6) is 0. The van der Waals surface area contributed by atoms with E-state index in [-0.39, 0.29) is 6.61 Å². The molecule has 0 bridgehead atoms. The molecule has 9 nitrogen and oxygen atoms in total. The van der Waals surface area contributed by atoms with Crippen molar-refractivity contribution in [2.24, 2.45) is 14.1 Å². The lowest BCUT2D eigenvalue weighted by molar-refractivity contribution is 0.276. The molecule has 0 atom stereocenters. The van der Waals surface area contributed by atoms with Gasteiger partial charge in [0.25, 0.3) is 0 Å². The van der Waals surface area contributed by atoms with Gasteiger partial charge in [0.2, 0.25) is 0 Å². The van der Waals surface area contributed by atoms with Crippen molar-refractivity contribution in [1.29, 1.82) is 0 Å². The van der Waals surface area contributed by atoms with Gasteiger partial charge in [-0.05, 0) is 36.4 Å². The largest absolute Gasteiger partial charge is 0.390 e. The number of halogens is 3. The Bertz CT molecular complexity index is 1640. The molecule has 0 spiro atoms. The summed E-state index contributed by atoms with van der Waals surface area (Å²) in [5, 5.41) is 19.5. The van der Waals surface area contributed by atoms with Crippen LogP contribution in [0.1, 0.15) is 11.4 Å². The smallest absolute Gasteiger partial charge is 0.129 e. The second kappa shape index (κ2) is 11.1. The van der Waals surface area contributed by atoms with E-state index in [0.717, 1.165) is 50.0 Å². The molecule has 0 aliphatic carbocycles. The van der Waals surface area contributed by atoms with Gasteiger partial charge in [-0.1, -0.05) is 39.1 Å². The van der Waals surface area contributed by atoms with Crippen LogP contribution in [0.2, 0.25) is 10.3 Å². The standard InChI is InChI=1S/C13H10BrClN4.C13H11ClN4O/c1-19-7-9(12(5-14)18-19)8-4-11-10(16-6-8)2-3-13(15)17-11;1-18-6-9(12(7-19)17-18)8-4-11-10(15-5-8)2-3-13(14)16-11/h2-4,6-7H,5H2,1H3;2-6,19H,7H2,1H3. The lowest BCUT2D eigenvalue weighted by Crippen LogP contribution is -1.91. The van der Waals surface area contributed by atoms with Gasteiger partial charge in [0.15, 0.2) is 0 Å². The fourth-order valence-electron chi connectivity index (χ4n) is 4.02. The molecule has 0 radical (unpaired) electrons. The normalized spacial score (nSPS) is 11.1. The summed E-state index contributed by atoms with van der Waals surface area (Å²) in [6.45, 7) is -0.114. The lowest BCUT2D eigenvalue weighted by atomic mass is 10.1. The third-order valence-corrected chi connectivity index (χ3v) is 6.67. The number of aliphatic hydroxyl groups is 1. The first-order valence-electron chi connectivity index (χ1n) is 11.4. The number of rotatable bonds is 4. The number of hydrogen-bond donors (Lipinski definition) is 1. The quantitative estimate of drug-likeness (QED) is 0.200. The molecule has 6 heterocycles. The number of aliphatic hydroxyl groups excluding tert-OH is 1. The Labute approximate surface area is 236 Å². The van der Waals surface area contributed by atoms with Crippen LogP contribution in [0.5, 0.6) is 0 Å². The molecule has 1 N–H and O–H groups in total. The zero-order valence-corrected chi connectivity index (χ0v) is 23.4. The van der Waals surface area contributed by atoms with Gasteiger partial charge in [-0.3, -0.25) is 19.3 Å². The molecule has 6 aromatic heterocycles. The Morgan fingerprint density at radius 1 is 0.737 bits per heavy atom. The maximum absolute atomic E-state index is 9.32. The highest BCUT2D eigenvalue weighted by Crippen LogP contribution is 2.27. The fraction of sp³-hybridized carbons (Fsp3) is 0.154. The summed E-state index contributed by atoms with van der Waals surface area (Å²) in [6, 6.07) is 11.0. The zero-order chi connectivity index (χ0) is 26.8. The van der Waals surface area contributed by atoms with Crippen molar-refractivity contribution in [3.63, 3.8) is 0 Å². The van der Waals surface area contributed by atoms with Gasteiger partial charge < -0.3 is 5.11 Å². The first-order valence-corrected chi connectivity index (χ1v) is 13.3. The average Bonchev–Trinajstić information content (AvgIpc) is 3.49. The van der Waals surface area contributed by atoms with Gasteiger partial charge in [0.05, 0.1) is 40.1 Å². The summed E-state index contributed by atoms with van der Waals surface area (Å²) < 4.78 is 3.46. The number of aromatic nitrogens is 8. The van der Waals surface area contributed by atoms with Crippen LogP contribution in [0.3, 0.4) is 0 Å². The van der Waals surface area contributed by atoms with E-state index in [1.54, 1.807) is 27.7 Å². The predicted octanol–water partition coefficient (Wildman–Crippen LogP) is 5.75. The van der Waals surface area contributed by atoms with Gasteiger partial charge in [-0.15, -0.1) is 0 Å². The van der Waals surface area contributed by atoms with E-state index in [1.807, 2.05) is 57.0 Å². The van der Waals surface area contributed by atoms with Crippen molar-refractivity contribution in [3.8, 4) is 22.3 Å². The summed E-state index contributed by atoms with van der Waals surface area (Å²) in [5.41, 5.74) is 8.46. The molecule has 0 aliphatic heterocycles. The second-order valence-corrected chi connectivity index (χ2v) is 9.75. The van der Waals surface area contributed by atoms with Crippen molar-refractivity contribution in [3.05, 3.63) is 82.9 Å². The number of aryl methyl sites for hydroxylation is 2. The molecule has 0 saturated carbocycles. The van der Waals surface area contributed by atoms with Crippen LogP contribution in [0.15, 0.2) is 61.2 Å². The first-order chi connectivity index (χ1) is 18.3. The minimum absolute atomic E-state index is 0.114. The molecule has 0 aliphatic rings. The van der Waals surface area contributed by atoms with Crippen molar-refractivity contribution in [1.82, 2.24) is 39.5 Å². The Morgan fingerprint density at radius 2 is 1.21 bits per heavy atom. The van der Waals surface area contributed by atoms with Crippen molar-refractivity contribution in [2.45, 2.75) is 11.9 Å². The first kappa shape index (κ1) is 26.2. The molecule has 192 valence electrons. The van der Waals surface area contributed by atoms with E-state index in [4.69, 9.17) is 23.2 Å². The Hall–Kier alpha value is -3.44. The topological polar surface area (TPSA) is 107 Å². The van der Waals surface area contributed by atoms with Gasteiger partial charge in [-0.25, -0.2) is 9.97 Å². The third-order valence-electron chi connectivity index (χ3n) is 5.72. The van der Waals surface area contributed by atoms with Crippen molar-refractivity contribution < 1.29 is 5.11 Å². The minimum atomic E-state index is -0.114. The Morgan fingerprint density at radius 3 is 1.68 bits per heavy atom. The minimum Gasteiger partial charge on any atom is -0.390 e. The maximum atomic E-state index is 9.32. The highest BCUT2D eigenvalue weighted by molar-refractivity contribution is 9.08. The maximum Gasteiger partial charge on any atom is 0.129 e. The predicted molar refractivity (Wildman–Crippen MR) is 152 cm³/mol. The van der Waals surface area contributed by atoms with E-state index in [0.29, 0.717) is 21.3 Å². The van der Waals surface area contributed by atoms with Gasteiger partial charge in [0, 0.05) is 66.5 Å². The Balaban J connectivity index is 0.000000155. The summed E-state index contributed by atoms with van der Waals surface area (Å²) in [6.07, 6.45) is 7.40. The highest BCUT2D eigenvalue weighted by Gasteiger charge is 2.12. The molecule has 12 heteroatoms. The Kier molecular flexibility index (Phi) is 7.66. The summed E-state index contributed by atoms with van der Waals surface area (Å²) in [7, 11) is 3.71. The molecule has 6 aromatic rings. The number of hydrogen-bond acceptors (Lipinski definition) is 7. The lowest BCUT2D eigenvalue weighted by Gasteiger charge is -2.02. The van der Waals surface area contributed by atoms with E-state index in [2.05, 4.69) is 46.1 Å². The van der Waals surface area contributed by atoms with Gasteiger partial charge in [0.1, 0.15) is 10.3 Å².